The lowest BCUT2D eigenvalue weighted by Gasteiger charge is -2.47. The quantitative estimate of drug-likeness (QED) is 0.329. The molecule has 2 aliphatic heterocycles. The number of fused-ring (bicyclic) bond motifs is 8. The fraction of sp³-hybridized carbons (Fsp3) is 0. The van der Waals surface area contributed by atoms with Gasteiger partial charge in [-0.05, 0) is 57.1 Å². The van der Waals surface area contributed by atoms with Crippen molar-refractivity contribution in [3.05, 3.63) is 127 Å². The van der Waals surface area contributed by atoms with Crippen molar-refractivity contribution in [1.29, 1.82) is 0 Å². The molecule has 2 aliphatic rings. The topological polar surface area (TPSA) is 37.4 Å². The van der Waals surface area contributed by atoms with Crippen molar-refractivity contribution < 1.29 is 8.42 Å². The van der Waals surface area contributed by atoms with Gasteiger partial charge < -0.3 is 4.90 Å². The summed E-state index contributed by atoms with van der Waals surface area (Å²) in [6, 6.07) is 42.7. The number of anilines is 3. The van der Waals surface area contributed by atoms with Crippen molar-refractivity contribution >= 4 is 55.7 Å². The van der Waals surface area contributed by atoms with Crippen LogP contribution in [0, 0.1) is 0 Å². The SMILES string of the molecule is O=S1(=O)c2ccccc2[Si]2(c3ccccc3N(c3ccccc3)c3ccccc32)c2ccccc21. The Balaban J connectivity index is 1.71. The molecule has 0 unspecified atom stereocenters. The van der Waals surface area contributed by atoms with E-state index in [9.17, 15) is 8.42 Å². The van der Waals surface area contributed by atoms with Crippen LogP contribution in [0.15, 0.2) is 137 Å². The zero-order valence-electron chi connectivity index (χ0n) is 18.8. The van der Waals surface area contributed by atoms with Gasteiger partial charge in [0.2, 0.25) is 9.84 Å². The van der Waals surface area contributed by atoms with Crippen LogP contribution >= 0.6 is 0 Å². The van der Waals surface area contributed by atoms with Crippen molar-refractivity contribution in [2.45, 2.75) is 9.79 Å². The molecule has 168 valence electrons. The van der Waals surface area contributed by atoms with Gasteiger partial charge in [0.1, 0.15) is 0 Å². The predicted octanol–water partition coefficient (Wildman–Crippen LogP) is 3.99. The lowest BCUT2D eigenvalue weighted by atomic mass is 10.2. The minimum Gasteiger partial charge on any atom is -0.311 e. The molecule has 2 heterocycles. The van der Waals surface area contributed by atoms with E-state index >= 15 is 0 Å². The first-order chi connectivity index (χ1) is 17.1. The third-order valence-electron chi connectivity index (χ3n) is 7.27. The molecule has 7 rings (SSSR count). The Morgan fingerprint density at radius 3 is 1.37 bits per heavy atom. The van der Waals surface area contributed by atoms with Gasteiger partial charge in [-0.3, -0.25) is 0 Å². The van der Waals surface area contributed by atoms with Gasteiger partial charge in [-0.25, -0.2) is 8.42 Å². The van der Waals surface area contributed by atoms with Crippen LogP contribution in [0.1, 0.15) is 0 Å². The summed E-state index contributed by atoms with van der Waals surface area (Å²) in [7, 11) is -6.56. The number of para-hydroxylation sites is 3. The molecule has 0 fully saturated rings. The second kappa shape index (κ2) is 7.28. The summed E-state index contributed by atoms with van der Waals surface area (Å²) in [5.74, 6) is 0. The molecule has 0 aromatic heterocycles. The molecular formula is C30H21NO2SSi. The highest BCUT2D eigenvalue weighted by Crippen LogP contribution is 2.40. The summed E-state index contributed by atoms with van der Waals surface area (Å²) >= 11 is 0. The second-order valence-corrected chi connectivity index (χ2v) is 14.5. The smallest absolute Gasteiger partial charge is 0.206 e. The largest absolute Gasteiger partial charge is 0.311 e. The molecule has 0 radical (unpaired) electrons. The van der Waals surface area contributed by atoms with E-state index in [0.29, 0.717) is 9.79 Å². The Morgan fingerprint density at radius 2 is 0.857 bits per heavy atom. The summed E-state index contributed by atoms with van der Waals surface area (Å²) in [5.41, 5.74) is 3.29. The lowest BCUT2D eigenvalue weighted by Crippen LogP contribution is -2.79. The van der Waals surface area contributed by atoms with Crippen LogP contribution in [-0.4, -0.2) is 16.5 Å². The summed E-state index contributed by atoms with van der Waals surface area (Å²) in [5, 5.41) is 4.28. The maximum atomic E-state index is 13.8. The second-order valence-electron chi connectivity index (χ2n) is 8.95. The van der Waals surface area contributed by atoms with Gasteiger partial charge in [0, 0.05) is 17.1 Å². The normalized spacial score (nSPS) is 16.1. The molecule has 0 bridgehead atoms. The van der Waals surface area contributed by atoms with Gasteiger partial charge in [0.15, 0.2) is 8.07 Å². The van der Waals surface area contributed by atoms with Crippen LogP contribution in [0.25, 0.3) is 0 Å². The van der Waals surface area contributed by atoms with E-state index < -0.39 is 17.9 Å². The molecule has 5 aromatic rings. The Kier molecular flexibility index (Phi) is 4.25. The van der Waals surface area contributed by atoms with E-state index in [4.69, 9.17) is 0 Å². The molecule has 0 aliphatic carbocycles. The fourth-order valence-electron chi connectivity index (χ4n) is 5.97. The highest BCUT2D eigenvalue weighted by Gasteiger charge is 2.55. The number of nitrogens with zero attached hydrogens (tertiary/aromatic N) is 1. The van der Waals surface area contributed by atoms with Gasteiger partial charge in [-0.1, -0.05) is 91.0 Å². The zero-order valence-corrected chi connectivity index (χ0v) is 20.6. The van der Waals surface area contributed by atoms with Gasteiger partial charge in [-0.15, -0.1) is 0 Å². The van der Waals surface area contributed by atoms with E-state index in [2.05, 4.69) is 77.7 Å². The first-order valence-corrected chi connectivity index (χ1v) is 15.1. The molecule has 5 heteroatoms. The number of hydrogen-bond donors (Lipinski definition) is 0. The number of benzene rings is 5. The number of sulfone groups is 1. The van der Waals surface area contributed by atoms with Crippen LogP contribution in [0.5, 0.6) is 0 Å². The van der Waals surface area contributed by atoms with Gasteiger partial charge in [0.25, 0.3) is 0 Å². The molecule has 0 atom stereocenters. The van der Waals surface area contributed by atoms with E-state index in [1.165, 1.54) is 10.4 Å². The van der Waals surface area contributed by atoms with Crippen LogP contribution < -0.4 is 25.6 Å². The highest BCUT2D eigenvalue weighted by atomic mass is 32.2. The summed E-state index contributed by atoms with van der Waals surface area (Å²) < 4.78 is 27.7. The minimum atomic E-state index is -3.63. The molecule has 5 aromatic carbocycles. The summed E-state index contributed by atoms with van der Waals surface area (Å²) in [6.45, 7) is 0. The molecule has 1 spiro atoms. The average molecular weight is 488 g/mol. The predicted molar refractivity (Wildman–Crippen MR) is 144 cm³/mol. The summed E-state index contributed by atoms with van der Waals surface area (Å²) in [4.78, 5) is 3.18. The first-order valence-electron chi connectivity index (χ1n) is 11.6. The van der Waals surface area contributed by atoms with E-state index in [-0.39, 0.29) is 0 Å². The fourth-order valence-corrected chi connectivity index (χ4v) is 14.3. The monoisotopic (exact) mass is 487 g/mol. The molecule has 35 heavy (non-hydrogen) atoms. The minimum absolute atomic E-state index is 0.433. The van der Waals surface area contributed by atoms with Crippen LogP contribution in [0.3, 0.4) is 0 Å². The Hall–Kier alpha value is -3.93. The van der Waals surface area contributed by atoms with Gasteiger partial charge in [-0.2, -0.15) is 0 Å². The molecule has 3 nitrogen and oxygen atoms in total. The van der Waals surface area contributed by atoms with E-state index in [1.807, 2.05) is 42.5 Å². The maximum absolute atomic E-state index is 13.8. The number of rotatable bonds is 1. The summed E-state index contributed by atoms with van der Waals surface area (Å²) in [6.07, 6.45) is 0. The van der Waals surface area contributed by atoms with Crippen molar-refractivity contribution in [3.63, 3.8) is 0 Å². The molecule has 0 amide bonds. The Bertz CT molecular complexity index is 1630. The maximum Gasteiger partial charge on any atom is 0.206 e. The first kappa shape index (κ1) is 20.4. The van der Waals surface area contributed by atoms with Crippen LogP contribution in [0.4, 0.5) is 17.1 Å². The van der Waals surface area contributed by atoms with Crippen molar-refractivity contribution in [3.8, 4) is 0 Å². The lowest BCUT2D eigenvalue weighted by molar-refractivity contribution is 0.597. The molecular weight excluding hydrogens is 466 g/mol. The van der Waals surface area contributed by atoms with E-state index in [0.717, 1.165) is 27.4 Å². The Labute approximate surface area is 205 Å². The van der Waals surface area contributed by atoms with Crippen molar-refractivity contribution in [1.82, 2.24) is 0 Å². The highest BCUT2D eigenvalue weighted by molar-refractivity contribution is 7.92. The van der Waals surface area contributed by atoms with Gasteiger partial charge in [0.05, 0.1) is 9.79 Å². The molecule has 0 saturated heterocycles. The van der Waals surface area contributed by atoms with Gasteiger partial charge >= 0.3 is 0 Å². The molecule has 0 N–H and O–H groups in total. The van der Waals surface area contributed by atoms with Crippen LogP contribution in [0.2, 0.25) is 0 Å². The number of hydrogen-bond acceptors (Lipinski definition) is 3. The average Bonchev–Trinajstić information content (AvgIpc) is 2.92. The third-order valence-corrected chi connectivity index (χ3v) is 14.5. The Morgan fingerprint density at radius 1 is 0.457 bits per heavy atom. The van der Waals surface area contributed by atoms with E-state index in [1.54, 1.807) is 12.1 Å². The molecule has 0 saturated carbocycles. The standard InChI is InChI=1S/C30H21NO2SSi/c32-34(33)25-16-6-10-20-29(25)35(30-21-11-7-17-26(30)34)27-18-8-4-14-23(27)31(22-12-2-1-3-13-22)24-15-5-9-19-28(24)35/h1-21H. The third kappa shape index (κ3) is 2.57. The van der Waals surface area contributed by atoms with Crippen molar-refractivity contribution in [2.75, 3.05) is 4.90 Å². The van der Waals surface area contributed by atoms with Crippen LogP contribution in [-0.2, 0) is 9.84 Å². The zero-order chi connectivity index (χ0) is 23.6. The van der Waals surface area contributed by atoms with Crippen molar-refractivity contribution in [2.24, 2.45) is 0 Å².